The maximum Gasteiger partial charge on any atom is 0.257 e. The summed E-state index contributed by atoms with van der Waals surface area (Å²) >= 11 is 0. The van der Waals surface area contributed by atoms with Crippen LogP contribution in [0.25, 0.3) is 0 Å². The zero-order valence-corrected chi connectivity index (χ0v) is 25.7. The van der Waals surface area contributed by atoms with Crippen molar-refractivity contribution in [3.8, 4) is 23.3 Å². The largest absolute Gasteiger partial charge is 0.484 e. The molecule has 8 rings (SSSR count). The van der Waals surface area contributed by atoms with Crippen molar-refractivity contribution in [1.29, 1.82) is 0 Å². The molecule has 4 atom stereocenters. The van der Waals surface area contributed by atoms with E-state index in [1.165, 1.54) is 18.4 Å². The third-order valence-corrected chi connectivity index (χ3v) is 9.00. The molecule has 2 fully saturated rings. The second-order valence-corrected chi connectivity index (χ2v) is 12.0. The third-order valence-electron chi connectivity index (χ3n) is 9.00. The molecule has 6 heterocycles. The van der Waals surface area contributed by atoms with E-state index in [1.54, 1.807) is 37.5 Å². The van der Waals surface area contributed by atoms with Crippen molar-refractivity contribution in [2.45, 2.75) is 58.0 Å². The molecule has 244 valence electrons. The number of fused-ring (bicyclic) bond motifs is 4. The Labute approximate surface area is 275 Å². The molecular formula is C37H40N4O6. The summed E-state index contributed by atoms with van der Waals surface area (Å²) in [6.07, 6.45) is 6.25. The number of aldehydes is 1. The molecule has 2 aromatic carbocycles. The van der Waals surface area contributed by atoms with Crippen molar-refractivity contribution >= 4 is 12.2 Å². The molecule has 2 saturated heterocycles. The molecule has 2 unspecified atom stereocenters. The summed E-state index contributed by atoms with van der Waals surface area (Å²) in [7, 11) is 0. The molecule has 10 nitrogen and oxygen atoms in total. The summed E-state index contributed by atoms with van der Waals surface area (Å²) in [6.45, 7) is 5.29. The SMILES string of the molecule is C.CC(=O)N1CC2CCC(C1)N2Cc1ccc([C@H]2COc3cccnc3O2)cc1.O=Cc1ccc([C@H]2COc3cccnc3O2)cc1. The van der Waals surface area contributed by atoms with E-state index in [1.807, 2.05) is 35.2 Å². The summed E-state index contributed by atoms with van der Waals surface area (Å²) < 4.78 is 23.1. The van der Waals surface area contributed by atoms with Gasteiger partial charge in [-0.05, 0) is 53.8 Å². The van der Waals surface area contributed by atoms with Crippen LogP contribution >= 0.6 is 0 Å². The van der Waals surface area contributed by atoms with Gasteiger partial charge in [0, 0.05) is 56.6 Å². The third kappa shape index (κ3) is 7.07. The van der Waals surface area contributed by atoms with Gasteiger partial charge in [0.05, 0.1) is 0 Å². The quantitative estimate of drug-likeness (QED) is 0.250. The summed E-state index contributed by atoms with van der Waals surface area (Å²) in [5.74, 6) is 2.64. The molecular weight excluding hydrogens is 596 g/mol. The zero-order chi connectivity index (χ0) is 31.5. The van der Waals surface area contributed by atoms with Crippen molar-refractivity contribution in [3.05, 3.63) is 107 Å². The first-order valence-electron chi connectivity index (χ1n) is 15.7. The van der Waals surface area contributed by atoms with Gasteiger partial charge in [0.15, 0.2) is 23.7 Å². The predicted molar refractivity (Wildman–Crippen MR) is 176 cm³/mol. The molecule has 4 aliphatic rings. The standard InChI is InChI=1S/C22H25N3O3.C14H11NO3.CH4/c1-15(26)24-12-18-8-9-19(13-24)25(18)11-16-4-6-17(7-5-16)21-14-27-20-3-2-10-23-22(20)28-21;16-8-10-3-5-11(6-4-10)13-9-17-12-2-1-7-15-14(12)18-13;/h2-7,10,18-19,21H,8-9,11-14H2,1H3;1-8,13H,9H2;1H4/t18?,19?,21-;13-;/m11./s1. The van der Waals surface area contributed by atoms with Crippen LogP contribution in [0.4, 0.5) is 0 Å². The topological polar surface area (TPSA) is 103 Å². The second kappa shape index (κ2) is 14.2. The minimum absolute atomic E-state index is 0. The summed E-state index contributed by atoms with van der Waals surface area (Å²) in [5.41, 5.74) is 4.02. The van der Waals surface area contributed by atoms with Gasteiger partial charge in [0.1, 0.15) is 19.5 Å². The number of ether oxygens (including phenoxy) is 4. The molecule has 47 heavy (non-hydrogen) atoms. The van der Waals surface area contributed by atoms with Crippen molar-refractivity contribution in [1.82, 2.24) is 19.8 Å². The lowest BCUT2D eigenvalue weighted by Crippen LogP contribution is -2.54. The molecule has 0 spiro atoms. The molecule has 1 amide bonds. The van der Waals surface area contributed by atoms with Crippen LogP contribution in [0.5, 0.6) is 23.3 Å². The smallest absolute Gasteiger partial charge is 0.257 e. The normalized spacial score (nSPS) is 22.3. The number of benzene rings is 2. The Bertz CT molecular complexity index is 1670. The van der Waals surface area contributed by atoms with E-state index in [9.17, 15) is 9.59 Å². The van der Waals surface area contributed by atoms with Gasteiger partial charge in [0.2, 0.25) is 5.91 Å². The molecule has 2 aromatic heterocycles. The Kier molecular flexibility index (Phi) is 9.68. The maximum absolute atomic E-state index is 11.7. The molecule has 2 bridgehead atoms. The lowest BCUT2D eigenvalue weighted by atomic mass is 10.1. The Hall–Kier alpha value is -4.96. The van der Waals surface area contributed by atoms with Gasteiger partial charge in [-0.25, -0.2) is 9.97 Å². The van der Waals surface area contributed by atoms with Crippen LogP contribution in [-0.4, -0.2) is 70.3 Å². The summed E-state index contributed by atoms with van der Waals surface area (Å²) in [5, 5.41) is 0. The van der Waals surface area contributed by atoms with Gasteiger partial charge in [-0.3, -0.25) is 14.5 Å². The van der Waals surface area contributed by atoms with Crippen LogP contribution in [0, 0.1) is 0 Å². The van der Waals surface area contributed by atoms with Crippen molar-refractivity contribution in [3.63, 3.8) is 0 Å². The number of rotatable bonds is 5. The monoisotopic (exact) mass is 636 g/mol. The highest BCUT2D eigenvalue weighted by molar-refractivity contribution is 5.74. The van der Waals surface area contributed by atoms with E-state index >= 15 is 0 Å². The molecule has 4 aliphatic heterocycles. The second-order valence-electron chi connectivity index (χ2n) is 12.0. The number of hydrogen-bond donors (Lipinski definition) is 0. The molecule has 0 radical (unpaired) electrons. The number of carbonyl (C=O) groups excluding carboxylic acids is 2. The van der Waals surface area contributed by atoms with Gasteiger partial charge in [0.25, 0.3) is 11.8 Å². The van der Waals surface area contributed by atoms with Crippen LogP contribution in [0.15, 0.2) is 85.2 Å². The molecule has 0 N–H and O–H groups in total. The molecule has 10 heteroatoms. The highest BCUT2D eigenvalue weighted by atomic mass is 16.6. The predicted octanol–water partition coefficient (Wildman–Crippen LogP) is 5.83. The Morgan fingerprint density at radius 1 is 0.787 bits per heavy atom. The van der Waals surface area contributed by atoms with Gasteiger partial charge in [-0.1, -0.05) is 56.0 Å². The van der Waals surface area contributed by atoms with Crippen LogP contribution < -0.4 is 18.9 Å². The number of hydrogen-bond acceptors (Lipinski definition) is 9. The fraction of sp³-hybridized carbons (Fsp3) is 0.351. The summed E-state index contributed by atoms with van der Waals surface area (Å²) in [4.78, 5) is 35.3. The van der Waals surface area contributed by atoms with Gasteiger partial charge < -0.3 is 23.8 Å². The number of aromatic nitrogens is 2. The van der Waals surface area contributed by atoms with Crippen LogP contribution in [0.3, 0.4) is 0 Å². The zero-order valence-electron chi connectivity index (χ0n) is 25.7. The Morgan fingerprint density at radius 3 is 1.79 bits per heavy atom. The average molecular weight is 637 g/mol. The Morgan fingerprint density at radius 2 is 1.30 bits per heavy atom. The fourth-order valence-electron chi connectivity index (χ4n) is 6.49. The van der Waals surface area contributed by atoms with E-state index in [0.29, 0.717) is 54.1 Å². The van der Waals surface area contributed by atoms with Crippen molar-refractivity contribution in [2.24, 2.45) is 0 Å². The molecule has 0 saturated carbocycles. The van der Waals surface area contributed by atoms with Crippen molar-refractivity contribution in [2.75, 3.05) is 26.3 Å². The number of likely N-dealkylation sites (tertiary alicyclic amines) is 1. The average Bonchev–Trinajstić information content (AvgIpc) is 3.32. The summed E-state index contributed by atoms with van der Waals surface area (Å²) in [6, 6.07) is 24.2. The van der Waals surface area contributed by atoms with E-state index < -0.39 is 0 Å². The van der Waals surface area contributed by atoms with Crippen LogP contribution in [-0.2, 0) is 11.3 Å². The minimum Gasteiger partial charge on any atom is -0.484 e. The van der Waals surface area contributed by atoms with Crippen LogP contribution in [0.2, 0.25) is 0 Å². The minimum atomic E-state index is -0.187. The van der Waals surface area contributed by atoms with Gasteiger partial charge in [-0.15, -0.1) is 0 Å². The first-order chi connectivity index (χ1) is 22.5. The number of nitrogens with zero attached hydrogens (tertiary/aromatic N) is 4. The van der Waals surface area contributed by atoms with Gasteiger partial charge in [-0.2, -0.15) is 0 Å². The van der Waals surface area contributed by atoms with Gasteiger partial charge >= 0.3 is 0 Å². The highest BCUT2D eigenvalue weighted by Gasteiger charge is 2.40. The maximum atomic E-state index is 11.7. The molecule has 4 aromatic rings. The lowest BCUT2D eigenvalue weighted by molar-refractivity contribution is -0.132. The first-order valence-corrected chi connectivity index (χ1v) is 15.7. The van der Waals surface area contributed by atoms with E-state index in [0.717, 1.165) is 37.0 Å². The number of amides is 1. The van der Waals surface area contributed by atoms with E-state index in [2.05, 4.69) is 39.1 Å². The number of carbonyl (C=O) groups is 2. The first kappa shape index (κ1) is 32.0. The highest BCUT2D eigenvalue weighted by Crippen LogP contribution is 2.36. The van der Waals surface area contributed by atoms with Crippen LogP contribution in [0.1, 0.15) is 66.4 Å². The number of piperazine rings is 1. The lowest BCUT2D eigenvalue weighted by Gasteiger charge is -2.40. The Balaban J connectivity index is 0.000000176. The van der Waals surface area contributed by atoms with E-state index in [-0.39, 0.29) is 25.5 Å². The fourth-order valence-corrected chi connectivity index (χ4v) is 6.49. The van der Waals surface area contributed by atoms with E-state index in [4.69, 9.17) is 18.9 Å². The number of pyridine rings is 2. The molecule has 0 aliphatic carbocycles. The van der Waals surface area contributed by atoms with Crippen molar-refractivity contribution < 1.29 is 28.5 Å².